The molecule has 0 aliphatic heterocycles. The zero-order chi connectivity index (χ0) is 24.7. The molecule has 180 valence electrons. The van der Waals surface area contributed by atoms with Gasteiger partial charge in [0.05, 0.1) is 28.7 Å². The highest BCUT2D eigenvalue weighted by atomic mass is 35.5. The first-order valence-electron chi connectivity index (χ1n) is 11.3. The van der Waals surface area contributed by atoms with E-state index in [1.807, 2.05) is 72.8 Å². The number of hydrogen-bond donors (Lipinski definition) is 2. The number of rotatable bonds is 10. The third-order valence-corrected chi connectivity index (χ3v) is 6.43. The van der Waals surface area contributed by atoms with Gasteiger partial charge in [-0.2, -0.15) is 0 Å². The molecule has 0 unspecified atom stereocenters. The lowest BCUT2D eigenvalue weighted by Gasteiger charge is -2.37. The van der Waals surface area contributed by atoms with Crippen molar-refractivity contribution >= 4 is 23.2 Å². The Hall–Kier alpha value is -3.02. The molecule has 4 aromatic carbocycles. The van der Waals surface area contributed by atoms with E-state index >= 15 is 0 Å². The molecule has 6 heteroatoms. The van der Waals surface area contributed by atoms with E-state index in [9.17, 15) is 0 Å². The number of benzene rings is 4. The summed E-state index contributed by atoms with van der Waals surface area (Å²) < 4.78 is 11.2. The van der Waals surface area contributed by atoms with E-state index in [1.165, 1.54) is 0 Å². The van der Waals surface area contributed by atoms with Gasteiger partial charge in [0, 0.05) is 0 Å². The lowest BCUT2D eigenvalue weighted by molar-refractivity contribution is 0.201. The molecule has 0 aromatic heterocycles. The van der Waals surface area contributed by atoms with Gasteiger partial charge in [-0.3, -0.25) is 0 Å². The van der Waals surface area contributed by atoms with Crippen LogP contribution in [0, 0.1) is 0 Å². The van der Waals surface area contributed by atoms with Gasteiger partial charge in [0.25, 0.3) is 0 Å². The number of hydrogen-bond acceptors (Lipinski definition) is 4. The summed E-state index contributed by atoms with van der Waals surface area (Å²) >= 11 is 13.3. The Balaban J connectivity index is 2.00. The van der Waals surface area contributed by atoms with Crippen molar-refractivity contribution in [2.45, 2.75) is 5.41 Å². The minimum Gasteiger partial charge on any atom is -0.490 e. The molecule has 0 saturated heterocycles. The van der Waals surface area contributed by atoms with Crippen LogP contribution in [0.4, 0.5) is 0 Å². The van der Waals surface area contributed by atoms with Gasteiger partial charge in [-0.25, -0.2) is 0 Å². The fourth-order valence-corrected chi connectivity index (χ4v) is 4.86. The zero-order valence-corrected chi connectivity index (χ0v) is 20.5. The minimum atomic E-state index is -0.749. The molecule has 0 aliphatic carbocycles. The largest absolute Gasteiger partial charge is 0.490 e. The average molecular weight is 509 g/mol. The van der Waals surface area contributed by atoms with Crippen molar-refractivity contribution in [3.8, 4) is 11.5 Å². The van der Waals surface area contributed by atoms with Crippen molar-refractivity contribution in [2.24, 2.45) is 0 Å². The second-order valence-corrected chi connectivity index (χ2v) is 8.73. The maximum atomic E-state index is 9.15. The van der Waals surface area contributed by atoms with Crippen LogP contribution in [0.3, 0.4) is 0 Å². The first kappa shape index (κ1) is 25.1. The Morgan fingerprint density at radius 3 is 1.29 bits per heavy atom. The molecular weight excluding hydrogens is 483 g/mol. The van der Waals surface area contributed by atoms with E-state index in [0.29, 0.717) is 21.5 Å². The summed E-state index contributed by atoms with van der Waals surface area (Å²) in [6.45, 7) is 0.122. The van der Waals surface area contributed by atoms with E-state index < -0.39 is 5.41 Å². The van der Waals surface area contributed by atoms with E-state index in [-0.39, 0.29) is 26.4 Å². The van der Waals surface area contributed by atoms with Gasteiger partial charge in [-0.1, -0.05) is 96.0 Å². The molecule has 4 aromatic rings. The number of halogens is 2. The number of aliphatic hydroxyl groups excluding tert-OH is 2. The molecule has 4 rings (SSSR count). The van der Waals surface area contributed by atoms with Gasteiger partial charge < -0.3 is 19.7 Å². The molecular formula is C29H26Cl2O4. The van der Waals surface area contributed by atoms with Gasteiger partial charge >= 0.3 is 0 Å². The lowest BCUT2D eigenvalue weighted by Crippen LogP contribution is -2.31. The van der Waals surface area contributed by atoms with Gasteiger partial charge in [0.15, 0.2) is 0 Å². The summed E-state index contributed by atoms with van der Waals surface area (Å²) in [4.78, 5) is 0. The van der Waals surface area contributed by atoms with Crippen molar-refractivity contribution in [1.29, 1.82) is 0 Å². The van der Waals surface area contributed by atoms with Crippen molar-refractivity contribution < 1.29 is 19.7 Å². The van der Waals surface area contributed by atoms with Crippen LogP contribution in [-0.4, -0.2) is 36.6 Å². The first-order valence-corrected chi connectivity index (χ1v) is 12.0. The molecule has 35 heavy (non-hydrogen) atoms. The Morgan fingerprint density at radius 2 is 0.943 bits per heavy atom. The van der Waals surface area contributed by atoms with Crippen LogP contribution < -0.4 is 9.47 Å². The molecule has 0 atom stereocenters. The standard InChI is InChI=1S/C29H26Cl2O4/c30-25-19-23(11-13-27(25)34-17-15-32)29(21-7-3-1-4-8-21,22-9-5-2-6-10-22)24-12-14-28(26(31)20-24)35-18-16-33/h1-14,19-20,32-33H,15-18H2. The quantitative estimate of drug-likeness (QED) is 0.253. The second kappa shape index (κ2) is 11.6. The predicted octanol–water partition coefficient (Wildman–Crippen LogP) is 6.12. The molecule has 0 fully saturated rings. The molecule has 0 heterocycles. The van der Waals surface area contributed by atoms with Crippen LogP contribution in [0.5, 0.6) is 11.5 Å². The Morgan fingerprint density at radius 1 is 0.543 bits per heavy atom. The molecule has 0 radical (unpaired) electrons. The summed E-state index contributed by atoms with van der Waals surface area (Å²) in [5, 5.41) is 19.2. The molecule has 0 saturated carbocycles. The average Bonchev–Trinajstić information content (AvgIpc) is 2.89. The van der Waals surface area contributed by atoms with Crippen LogP contribution >= 0.6 is 23.2 Å². The summed E-state index contributed by atoms with van der Waals surface area (Å²) in [7, 11) is 0. The highest BCUT2D eigenvalue weighted by Gasteiger charge is 2.39. The predicted molar refractivity (Wildman–Crippen MR) is 140 cm³/mol. The summed E-state index contributed by atoms with van der Waals surface area (Å²) in [6.07, 6.45) is 0. The van der Waals surface area contributed by atoms with E-state index in [1.54, 1.807) is 0 Å². The topological polar surface area (TPSA) is 58.9 Å². The first-order chi connectivity index (χ1) is 17.1. The van der Waals surface area contributed by atoms with E-state index in [2.05, 4.69) is 24.3 Å². The van der Waals surface area contributed by atoms with Crippen LogP contribution in [0.1, 0.15) is 22.3 Å². The van der Waals surface area contributed by atoms with Gasteiger partial charge in [-0.05, 0) is 46.5 Å². The van der Waals surface area contributed by atoms with Crippen LogP contribution in [-0.2, 0) is 5.41 Å². The van der Waals surface area contributed by atoms with Crippen molar-refractivity contribution in [1.82, 2.24) is 0 Å². The van der Waals surface area contributed by atoms with Gasteiger partial charge in [0.2, 0.25) is 0 Å². The van der Waals surface area contributed by atoms with Gasteiger partial charge in [0.1, 0.15) is 24.7 Å². The Kier molecular flexibility index (Phi) is 8.32. The van der Waals surface area contributed by atoms with Crippen LogP contribution in [0.15, 0.2) is 97.1 Å². The van der Waals surface area contributed by atoms with Crippen LogP contribution in [0.25, 0.3) is 0 Å². The Labute approximate surface area is 215 Å². The summed E-state index contributed by atoms with van der Waals surface area (Å²) in [5.41, 5.74) is 3.17. The minimum absolute atomic E-state index is 0.0980. The molecule has 0 bridgehead atoms. The summed E-state index contributed by atoms with van der Waals surface area (Å²) in [6, 6.07) is 31.8. The second-order valence-electron chi connectivity index (χ2n) is 7.92. The molecule has 0 spiro atoms. The van der Waals surface area contributed by atoms with Crippen molar-refractivity contribution in [3.63, 3.8) is 0 Å². The molecule has 2 N–H and O–H groups in total. The maximum absolute atomic E-state index is 9.15. The van der Waals surface area contributed by atoms with Crippen LogP contribution in [0.2, 0.25) is 10.0 Å². The smallest absolute Gasteiger partial charge is 0.138 e. The van der Waals surface area contributed by atoms with E-state index in [0.717, 1.165) is 22.3 Å². The third-order valence-electron chi connectivity index (χ3n) is 5.84. The molecule has 4 nitrogen and oxygen atoms in total. The van der Waals surface area contributed by atoms with Gasteiger partial charge in [-0.15, -0.1) is 0 Å². The maximum Gasteiger partial charge on any atom is 0.138 e. The lowest BCUT2D eigenvalue weighted by atomic mass is 9.65. The monoisotopic (exact) mass is 508 g/mol. The number of ether oxygens (including phenoxy) is 2. The van der Waals surface area contributed by atoms with Crippen molar-refractivity contribution in [3.05, 3.63) is 129 Å². The zero-order valence-electron chi connectivity index (χ0n) is 19.0. The molecule has 0 amide bonds. The normalized spacial score (nSPS) is 11.3. The SMILES string of the molecule is OCCOc1ccc(C(c2ccccc2)(c2ccccc2)c2ccc(OCCO)c(Cl)c2)cc1Cl. The third kappa shape index (κ3) is 5.16. The fourth-order valence-electron chi connectivity index (χ4n) is 4.39. The fraction of sp³-hybridized carbons (Fsp3) is 0.172. The van der Waals surface area contributed by atoms with E-state index in [4.69, 9.17) is 42.9 Å². The highest BCUT2D eigenvalue weighted by molar-refractivity contribution is 6.32. The van der Waals surface area contributed by atoms with Crippen molar-refractivity contribution in [2.75, 3.05) is 26.4 Å². The number of aliphatic hydroxyl groups is 2. The Bertz CT molecular complexity index is 1150. The summed E-state index contributed by atoms with van der Waals surface area (Å²) in [5.74, 6) is 1.01. The highest BCUT2D eigenvalue weighted by Crippen LogP contribution is 2.47. The molecule has 0 aliphatic rings.